The largest absolute Gasteiger partial charge is 0.460 e. The molecule has 0 spiro atoms. The molecule has 4 atom stereocenters. The Morgan fingerprint density at radius 2 is 2.15 bits per heavy atom. The molecule has 2 heterocycles. The minimum absolute atomic E-state index is 0.0111. The van der Waals surface area contributed by atoms with E-state index < -0.39 is 40.5 Å². The van der Waals surface area contributed by atoms with Gasteiger partial charge in [-0.05, 0) is 38.5 Å². The van der Waals surface area contributed by atoms with E-state index in [4.69, 9.17) is 16.9 Å². The number of aromatic nitrogens is 2. The van der Waals surface area contributed by atoms with Gasteiger partial charge in [0, 0.05) is 17.2 Å². The number of carbonyl (C=O) groups excluding carboxylic acids is 1. The van der Waals surface area contributed by atoms with E-state index >= 15 is 0 Å². The second-order valence-electron chi connectivity index (χ2n) is 8.03. The van der Waals surface area contributed by atoms with Gasteiger partial charge >= 0.3 is 0 Å². The van der Waals surface area contributed by atoms with E-state index in [2.05, 4.69) is 26.2 Å². The molecule has 33 heavy (non-hydrogen) atoms. The number of amidine groups is 1. The van der Waals surface area contributed by atoms with Crippen LogP contribution in [0.25, 0.3) is 0 Å². The Hall–Kier alpha value is -3.26. The Kier molecular flexibility index (Phi) is 5.74. The number of hydrogen-bond donors (Lipinski definition) is 2. The molecule has 4 rings (SSSR count). The van der Waals surface area contributed by atoms with Gasteiger partial charge in [-0.3, -0.25) is 9.79 Å². The van der Waals surface area contributed by atoms with Gasteiger partial charge in [0.2, 0.25) is 5.88 Å². The first-order valence-electron chi connectivity index (χ1n) is 9.98. The molecule has 0 unspecified atom stereocenters. The minimum atomic E-state index is -2.62. The van der Waals surface area contributed by atoms with Gasteiger partial charge in [0.15, 0.2) is 11.3 Å². The van der Waals surface area contributed by atoms with Crippen LogP contribution in [0.5, 0.6) is 5.88 Å². The number of hydrogen-bond acceptors (Lipinski definition) is 7. The number of rotatable bonds is 6. The van der Waals surface area contributed by atoms with E-state index in [1.165, 1.54) is 24.5 Å². The number of alkyl halides is 2. The Morgan fingerprint density at radius 3 is 2.79 bits per heavy atom. The van der Waals surface area contributed by atoms with Gasteiger partial charge in [0.1, 0.15) is 11.5 Å². The average molecular weight is 475 g/mol. The Labute approximate surface area is 192 Å². The van der Waals surface area contributed by atoms with Crippen LogP contribution < -0.4 is 15.8 Å². The van der Waals surface area contributed by atoms with Gasteiger partial charge in [0.05, 0.1) is 22.7 Å². The molecule has 11 heteroatoms. The van der Waals surface area contributed by atoms with Gasteiger partial charge in [-0.1, -0.05) is 17.7 Å². The van der Waals surface area contributed by atoms with Crippen molar-refractivity contribution in [3.8, 4) is 18.2 Å². The van der Waals surface area contributed by atoms with Gasteiger partial charge in [-0.15, -0.1) is 6.42 Å². The first-order chi connectivity index (χ1) is 15.6. The van der Waals surface area contributed by atoms with Gasteiger partial charge < -0.3 is 15.8 Å². The fraction of sp³-hybridized carbons (Fsp3) is 0.364. The maximum absolute atomic E-state index is 14.8. The van der Waals surface area contributed by atoms with Crippen molar-refractivity contribution in [2.45, 2.75) is 43.1 Å². The van der Waals surface area contributed by atoms with Crippen molar-refractivity contribution in [3.05, 3.63) is 47.7 Å². The highest BCUT2D eigenvalue weighted by atomic mass is 32.2. The normalized spacial score (nSPS) is 26.6. The molecular formula is C22H20F3N5O2S. The third kappa shape index (κ3) is 4.11. The number of thioether (sulfide) groups is 1. The second-order valence-corrected chi connectivity index (χ2v) is 9.41. The first-order valence-corrected chi connectivity index (χ1v) is 10.8. The number of halogens is 3. The summed E-state index contributed by atoms with van der Waals surface area (Å²) in [6, 6.07) is 3.89. The maximum Gasteiger partial charge on any atom is 0.275 e. The zero-order chi connectivity index (χ0) is 24.0. The summed E-state index contributed by atoms with van der Waals surface area (Å²) in [5.41, 5.74) is 4.86. The summed E-state index contributed by atoms with van der Waals surface area (Å²) in [7, 11) is 0. The van der Waals surface area contributed by atoms with Crippen LogP contribution in [0.15, 0.2) is 35.6 Å². The third-order valence-corrected chi connectivity index (χ3v) is 7.11. The number of ether oxygens (including phenoxy) is 1. The Morgan fingerprint density at radius 1 is 1.39 bits per heavy atom. The lowest BCUT2D eigenvalue weighted by molar-refractivity contribution is 0.102. The van der Waals surface area contributed by atoms with E-state index in [9.17, 15) is 18.0 Å². The van der Waals surface area contributed by atoms with Crippen molar-refractivity contribution in [2.24, 2.45) is 16.6 Å². The zero-order valence-corrected chi connectivity index (χ0v) is 18.5. The summed E-state index contributed by atoms with van der Waals surface area (Å²) < 4.78 is 46.2. The van der Waals surface area contributed by atoms with Crippen molar-refractivity contribution < 1.29 is 22.7 Å². The van der Waals surface area contributed by atoms with Gasteiger partial charge in [-0.25, -0.2) is 23.1 Å². The molecule has 0 bridgehead atoms. The average Bonchev–Trinajstić information content (AvgIpc) is 3.52. The number of anilines is 1. The summed E-state index contributed by atoms with van der Waals surface area (Å²) in [5.74, 6) is 0.722. The summed E-state index contributed by atoms with van der Waals surface area (Å²) in [6.07, 6.45) is 4.74. The number of terminal acetylenes is 1. The molecule has 172 valence electrons. The van der Waals surface area contributed by atoms with Crippen molar-refractivity contribution in [3.63, 3.8) is 0 Å². The highest BCUT2D eigenvalue weighted by Gasteiger charge is 2.71. The number of nitrogens with two attached hydrogens (primary N) is 1. The molecule has 7 nitrogen and oxygen atoms in total. The fourth-order valence-corrected chi connectivity index (χ4v) is 5.34. The Balaban J connectivity index is 1.57. The maximum atomic E-state index is 14.8. The van der Waals surface area contributed by atoms with Gasteiger partial charge in [0.25, 0.3) is 12.3 Å². The standard InChI is InChI=1S/C22H20F3N5O2S/c1-4-11(2)32-17-10-27-15(9-28-17)18(31)29-12-5-6-14(23)13(7-12)21(3)16-8-22(16,19(24)25)33-20(26)30-21/h1,5-7,9-11,16,19H,8H2,2-3H3,(H2,26,30)(H,29,31)/t11-,16-,21+,22-/m0/s1. The lowest BCUT2D eigenvalue weighted by atomic mass is 9.85. The number of benzene rings is 1. The number of amides is 1. The number of fused-ring (bicyclic) bond motifs is 1. The monoisotopic (exact) mass is 475 g/mol. The minimum Gasteiger partial charge on any atom is -0.460 e. The molecule has 3 N–H and O–H groups in total. The van der Waals surface area contributed by atoms with Crippen LogP contribution in [0.2, 0.25) is 0 Å². The Bertz CT molecular complexity index is 1170. The van der Waals surface area contributed by atoms with Crippen LogP contribution in [-0.2, 0) is 5.54 Å². The van der Waals surface area contributed by atoms with Crippen LogP contribution in [-0.4, -0.2) is 38.3 Å². The summed E-state index contributed by atoms with van der Waals surface area (Å²) in [6.45, 7) is 3.24. The molecule has 0 radical (unpaired) electrons. The highest BCUT2D eigenvalue weighted by molar-refractivity contribution is 8.15. The SMILES string of the molecule is C#C[C@H](C)Oc1cnc(C(=O)Nc2ccc(F)c([C@@]3(C)N=C(N)S[C@@]4(C(F)F)C[C@@H]34)c2)cn1. The number of aliphatic imine (C=N–C) groups is 1. The summed E-state index contributed by atoms with van der Waals surface area (Å²) in [4.78, 5) is 24.9. The number of carbonyl (C=O) groups is 1. The molecule has 1 aromatic heterocycles. The molecular weight excluding hydrogens is 455 g/mol. The summed E-state index contributed by atoms with van der Waals surface area (Å²) >= 11 is 0.841. The summed E-state index contributed by atoms with van der Waals surface area (Å²) in [5, 5.41) is 2.59. The molecule has 0 saturated heterocycles. The van der Waals surface area contributed by atoms with Crippen LogP contribution in [0.1, 0.15) is 36.3 Å². The van der Waals surface area contributed by atoms with E-state index in [0.717, 1.165) is 17.8 Å². The number of nitrogens with one attached hydrogen (secondary N) is 1. The van der Waals surface area contributed by atoms with Crippen LogP contribution in [0.4, 0.5) is 18.9 Å². The predicted molar refractivity (Wildman–Crippen MR) is 119 cm³/mol. The predicted octanol–water partition coefficient (Wildman–Crippen LogP) is 3.57. The smallest absolute Gasteiger partial charge is 0.275 e. The van der Waals surface area contributed by atoms with E-state index in [1.807, 2.05) is 0 Å². The second kappa shape index (κ2) is 8.26. The molecule has 1 aliphatic heterocycles. The zero-order valence-electron chi connectivity index (χ0n) is 17.7. The lowest BCUT2D eigenvalue weighted by Gasteiger charge is -2.34. The van der Waals surface area contributed by atoms with E-state index in [1.54, 1.807) is 13.8 Å². The van der Waals surface area contributed by atoms with Crippen molar-refractivity contribution >= 4 is 28.5 Å². The molecule has 1 amide bonds. The van der Waals surface area contributed by atoms with E-state index in [-0.39, 0.29) is 34.4 Å². The molecule has 1 aliphatic carbocycles. The number of nitrogens with zero attached hydrogens (tertiary/aromatic N) is 3. The topological polar surface area (TPSA) is 102 Å². The lowest BCUT2D eigenvalue weighted by Crippen LogP contribution is -2.38. The molecule has 1 fully saturated rings. The highest BCUT2D eigenvalue weighted by Crippen LogP contribution is 2.68. The van der Waals surface area contributed by atoms with Crippen molar-refractivity contribution in [1.82, 2.24) is 9.97 Å². The molecule has 1 aromatic carbocycles. The fourth-order valence-electron chi connectivity index (χ4n) is 4.00. The molecule has 2 aromatic rings. The van der Waals surface area contributed by atoms with Crippen molar-refractivity contribution in [1.29, 1.82) is 0 Å². The molecule has 2 aliphatic rings. The van der Waals surface area contributed by atoms with E-state index in [0.29, 0.717) is 0 Å². The van der Waals surface area contributed by atoms with Crippen molar-refractivity contribution in [2.75, 3.05) is 5.32 Å². The van der Waals surface area contributed by atoms with Crippen LogP contribution >= 0.6 is 11.8 Å². The van der Waals surface area contributed by atoms with Crippen LogP contribution in [0, 0.1) is 24.1 Å². The first kappa shape index (κ1) is 22.9. The van der Waals surface area contributed by atoms with Gasteiger partial charge in [-0.2, -0.15) is 0 Å². The quantitative estimate of drug-likeness (QED) is 0.620. The van der Waals surface area contributed by atoms with Crippen LogP contribution in [0.3, 0.4) is 0 Å². The molecule has 1 saturated carbocycles. The third-order valence-electron chi connectivity index (χ3n) is 5.80.